The van der Waals surface area contributed by atoms with E-state index in [1.54, 1.807) is 12.1 Å². The molecular formula is C17H26N4O3. The zero-order chi connectivity index (χ0) is 17.5. The van der Waals surface area contributed by atoms with Crippen molar-refractivity contribution >= 4 is 17.6 Å². The SMILES string of the molecule is COc1ccc(C(N)=O)cc1NC(=O)NCCC1CCN(C)CC1. The number of benzene rings is 1. The van der Waals surface area contributed by atoms with E-state index < -0.39 is 5.91 Å². The third-order valence-electron chi connectivity index (χ3n) is 4.41. The van der Waals surface area contributed by atoms with Crippen LogP contribution in [0.2, 0.25) is 0 Å². The number of nitrogens with zero attached hydrogens (tertiary/aromatic N) is 1. The third kappa shape index (κ3) is 5.13. The number of urea groups is 1. The van der Waals surface area contributed by atoms with Crippen molar-refractivity contribution in [3.8, 4) is 5.75 Å². The largest absolute Gasteiger partial charge is 0.495 e. The Kier molecular flexibility index (Phi) is 6.43. The van der Waals surface area contributed by atoms with Crippen molar-refractivity contribution in [2.24, 2.45) is 11.7 Å². The van der Waals surface area contributed by atoms with Crippen LogP contribution in [0.25, 0.3) is 0 Å². The lowest BCUT2D eigenvalue weighted by molar-refractivity contribution is 0.1000. The molecule has 2 rings (SSSR count). The van der Waals surface area contributed by atoms with Gasteiger partial charge in [-0.15, -0.1) is 0 Å². The normalized spacial score (nSPS) is 15.8. The number of carbonyl (C=O) groups excluding carboxylic acids is 2. The van der Waals surface area contributed by atoms with E-state index in [-0.39, 0.29) is 6.03 Å². The number of amides is 3. The molecule has 0 radical (unpaired) electrons. The molecule has 7 nitrogen and oxygen atoms in total. The van der Waals surface area contributed by atoms with Crippen LogP contribution in [0.15, 0.2) is 18.2 Å². The number of methoxy groups -OCH3 is 1. The minimum absolute atomic E-state index is 0.317. The molecule has 0 saturated carbocycles. The molecule has 1 aromatic rings. The number of hydrogen-bond donors (Lipinski definition) is 3. The van der Waals surface area contributed by atoms with Crippen molar-refractivity contribution in [3.63, 3.8) is 0 Å². The number of nitrogens with two attached hydrogens (primary N) is 1. The first-order chi connectivity index (χ1) is 11.5. The minimum Gasteiger partial charge on any atom is -0.495 e. The Balaban J connectivity index is 1.83. The van der Waals surface area contributed by atoms with Crippen LogP contribution in [0.5, 0.6) is 5.75 Å². The predicted octanol–water partition coefficient (Wildman–Crippen LogP) is 1.65. The molecule has 0 unspecified atom stereocenters. The van der Waals surface area contributed by atoms with Crippen molar-refractivity contribution in [1.29, 1.82) is 0 Å². The summed E-state index contributed by atoms with van der Waals surface area (Å²) in [5, 5.41) is 5.56. The molecule has 24 heavy (non-hydrogen) atoms. The summed E-state index contributed by atoms with van der Waals surface area (Å²) in [5.74, 6) is 0.586. The molecule has 0 aliphatic carbocycles. The highest BCUT2D eigenvalue weighted by molar-refractivity contribution is 5.97. The molecule has 1 aliphatic rings. The molecule has 7 heteroatoms. The van der Waals surface area contributed by atoms with Crippen molar-refractivity contribution in [2.75, 3.05) is 39.1 Å². The van der Waals surface area contributed by atoms with Crippen LogP contribution in [0.1, 0.15) is 29.6 Å². The molecule has 1 aliphatic heterocycles. The van der Waals surface area contributed by atoms with Crippen molar-refractivity contribution in [2.45, 2.75) is 19.3 Å². The maximum absolute atomic E-state index is 12.1. The van der Waals surface area contributed by atoms with Crippen LogP contribution in [0.4, 0.5) is 10.5 Å². The first-order valence-electron chi connectivity index (χ1n) is 8.21. The third-order valence-corrected chi connectivity index (χ3v) is 4.41. The Bertz CT molecular complexity index is 583. The number of rotatable bonds is 6. The van der Waals surface area contributed by atoms with Gasteiger partial charge >= 0.3 is 6.03 Å². The van der Waals surface area contributed by atoms with E-state index in [1.165, 1.54) is 26.0 Å². The van der Waals surface area contributed by atoms with Gasteiger partial charge in [-0.3, -0.25) is 4.79 Å². The predicted molar refractivity (Wildman–Crippen MR) is 93.4 cm³/mol. The lowest BCUT2D eigenvalue weighted by Crippen LogP contribution is -2.34. The molecular weight excluding hydrogens is 308 g/mol. The maximum Gasteiger partial charge on any atom is 0.319 e. The summed E-state index contributed by atoms with van der Waals surface area (Å²) in [6, 6.07) is 4.36. The van der Waals surface area contributed by atoms with Gasteiger partial charge in [-0.2, -0.15) is 0 Å². The van der Waals surface area contributed by atoms with Crippen molar-refractivity contribution in [3.05, 3.63) is 23.8 Å². The van der Waals surface area contributed by atoms with E-state index in [0.717, 1.165) is 19.5 Å². The topological polar surface area (TPSA) is 96.7 Å². The van der Waals surface area contributed by atoms with Crippen LogP contribution >= 0.6 is 0 Å². The maximum atomic E-state index is 12.1. The molecule has 0 spiro atoms. The van der Waals surface area contributed by atoms with Gasteiger partial charge < -0.3 is 26.0 Å². The quantitative estimate of drug-likeness (QED) is 0.737. The average Bonchev–Trinajstić information content (AvgIpc) is 2.56. The first-order valence-corrected chi connectivity index (χ1v) is 8.21. The number of likely N-dealkylation sites (tertiary alicyclic amines) is 1. The van der Waals surface area contributed by atoms with E-state index in [4.69, 9.17) is 10.5 Å². The lowest BCUT2D eigenvalue weighted by atomic mass is 9.94. The molecule has 0 atom stereocenters. The summed E-state index contributed by atoms with van der Waals surface area (Å²) in [7, 11) is 3.64. The van der Waals surface area contributed by atoms with E-state index in [1.807, 2.05) is 0 Å². The molecule has 1 heterocycles. The van der Waals surface area contributed by atoms with Gasteiger partial charge in [-0.1, -0.05) is 0 Å². The molecule has 132 valence electrons. The molecule has 3 amide bonds. The van der Waals surface area contributed by atoms with Crippen molar-refractivity contribution < 1.29 is 14.3 Å². The zero-order valence-corrected chi connectivity index (χ0v) is 14.3. The fourth-order valence-corrected chi connectivity index (χ4v) is 2.87. The second-order valence-corrected chi connectivity index (χ2v) is 6.20. The van der Waals surface area contributed by atoms with Gasteiger partial charge in [-0.25, -0.2) is 4.79 Å². The molecule has 0 bridgehead atoms. The highest BCUT2D eigenvalue weighted by Crippen LogP contribution is 2.25. The van der Waals surface area contributed by atoms with Crippen LogP contribution in [0.3, 0.4) is 0 Å². The number of nitrogens with one attached hydrogen (secondary N) is 2. The van der Waals surface area contributed by atoms with Gasteiger partial charge in [0.15, 0.2) is 0 Å². The van der Waals surface area contributed by atoms with Crippen LogP contribution in [-0.2, 0) is 0 Å². The summed E-state index contributed by atoms with van der Waals surface area (Å²) in [5.41, 5.74) is 6.00. The van der Waals surface area contributed by atoms with Gasteiger partial charge in [0.05, 0.1) is 12.8 Å². The summed E-state index contributed by atoms with van der Waals surface area (Å²) in [6.07, 6.45) is 3.32. The highest BCUT2D eigenvalue weighted by Gasteiger charge is 2.16. The van der Waals surface area contributed by atoms with Gasteiger partial charge in [0.1, 0.15) is 5.75 Å². The number of ether oxygens (including phenoxy) is 1. The summed E-state index contributed by atoms with van der Waals surface area (Å²) >= 11 is 0. The Morgan fingerprint density at radius 3 is 2.67 bits per heavy atom. The monoisotopic (exact) mass is 334 g/mol. The summed E-state index contributed by atoms with van der Waals surface area (Å²) in [6.45, 7) is 2.86. The lowest BCUT2D eigenvalue weighted by Gasteiger charge is -2.28. The smallest absolute Gasteiger partial charge is 0.319 e. The van der Waals surface area contributed by atoms with E-state index in [0.29, 0.717) is 29.5 Å². The molecule has 1 fully saturated rings. The number of primary amides is 1. The van der Waals surface area contributed by atoms with E-state index >= 15 is 0 Å². The Morgan fingerprint density at radius 2 is 2.04 bits per heavy atom. The number of piperidine rings is 1. The fraction of sp³-hybridized carbons (Fsp3) is 0.529. The summed E-state index contributed by atoms with van der Waals surface area (Å²) < 4.78 is 5.19. The molecule has 1 saturated heterocycles. The Labute approximate surface area is 142 Å². The number of hydrogen-bond acceptors (Lipinski definition) is 4. The Morgan fingerprint density at radius 1 is 1.33 bits per heavy atom. The van der Waals surface area contributed by atoms with Gasteiger partial charge in [0, 0.05) is 12.1 Å². The van der Waals surface area contributed by atoms with Gasteiger partial charge in [0.2, 0.25) is 5.91 Å². The summed E-state index contributed by atoms with van der Waals surface area (Å²) in [4.78, 5) is 25.6. The standard InChI is InChI=1S/C17H26N4O3/c1-21-9-6-12(7-10-21)5-8-19-17(23)20-14-11-13(16(18)22)3-4-15(14)24-2/h3-4,11-12H,5-10H2,1-2H3,(H2,18,22)(H2,19,20,23). The van der Waals surface area contributed by atoms with Crippen molar-refractivity contribution in [1.82, 2.24) is 10.2 Å². The van der Waals surface area contributed by atoms with Crippen LogP contribution in [-0.4, -0.2) is 50.6 Å². The molecule has 1 aromatic carbocycles. The van der Waals surface area contributed by atoms with E-state index in [9.17, 15) is 9.59 Å². The van der Waals surface area contributed by atoms with Gasteiger partial charge in [-0.05, 0) is 63.5 Å². The average molecular weight is 334 g/mol. The number of carbonyl (C=O) groups is 2. The van der Waals surface area contributed by atoms with E-state index in [2.05, 4.69) is 22.6 Å². The zero-order valence-electron chi connectivity index (χ0n) is 14.3. The second-order valence-electron chi connectivity index (χ2n) is 6.20. The first kappa shape index (κ1) is 18.1. The van der Waals surface area contributed by atoms with Gasteiger partial charge in [0.25, 0.3) is 0 Å². The molecule has 4 N–H and O–H groups in total. The molecule has 0 aromatic heterocycles. The highest BCUT2D eigenvalue weighted by atomic mass is 16.5. The van der Waals surface area contributed by atoms with Crippen LogP contribution < -0.4 is 21.1 Å². The van der Waals surface area contributed by atoms with Crippen LogP contribution in [0, 0.1) is 5.92 Å². The minimum atomic E-state index is -0.552. The Hall–Kier alpha value is -2.28. The second kappa shape index (κ2) is 8.54. The fourth-order valence-electron chi connectivity index (χ4n) is 2.87. The number of anilines is 1.